The van der Waals surface area contributed by atoms with Crippen LogP contribution in [0.4, 0.5) is 0 Å². The summed E-state index contributed by atoms with van der Waals surface area (Å²) in [7, 11) is 0. The molecule has 1 saturated heterocycles. The minimum Gasteiger partial charge on any atom is -0.469 e. The van der Waals surface area contributed by atoms with Gasteiger partial charge in [-0.3, -0.25) is 4.99 Å². The molecule has 2 atom stereocenters. The Bertz CT molecular complexity index is 434. The van der Waals surface area contributed by atoms with Crippen molar-refractivity contribution in [2.45, 2.75) is 38.8 Å². The second kappa shape index (κ2) is 11.7. The summed E-state index contributed by atoms with van der Waals surface area (Å²) in [6, 6.07) is 4.06. The SMILES string of the molecule is CCNC(=NCCc1ccco1)NC(C)COC1CCOC1.I. The van der Waals surface area contributed by atoms with Crippen molar-refractivity contribution in [3.8, 4) is 0 Å². The molecule has 2 unspecified atom stereocenters. The maximum Gasteiger partial charge on any atom is 0.191 e. The number of ether oxygens (including phenoxy) is 2. The maximum atomic E-state index is 5.82. The normalized spacial score (nSPS) is 19.2. The quantitative estimate of drug-likeness (QED) is 0.371. The van der Waals surface area contributed by atoms with E-state index in [0.717, 1.165) is 37.7 Å². The van der Waals surface area contributed by atoms with Gasteiger partial charge in [-0.15, -0.1) is 24.0 Å². The Morgan fingerprint density at radius 2 is 2.39 bits per heavy atom. The predicted molar refractivity (Wildman–Crippen MR) is 102 cm³/mol. The molecule has 0 spiro atoms. The van der Waals surface area contributed by atoms with Crippen molar-refractivity contribution in [1.29, 1.82) is 0 Å². The molecule has 132 valence electrons. The lowest BCUT2D eigenvalue weighted by molar-refractivity contribution is 0.0347. The van der Waals surface area contributed by atoms with E-state index in [1.54, 1.807) is 6.26 Å². The van der Waals surface area contributed by atoms with E-state index in [2.05, 4.69) is 29.5 Å². The van der Waals surface area contributed by atoms with E-state index in [0.29, 0.717) is 19.8 Å². The Hall–Kier alpha value is -0.800. The molecular formula is C16H28IN3O3. The first kappa shape index (κ1) is 20.2. The number of rotatable bonds is 8. The molecule has 0 aromatic carbocycles. The Morgan fingerprint density at radius 1 is 1.52 bits per heavy atom. The second-order valence-electron chi connectivity index (χ2n) is 5.45. The first-order chi connectivity index (χ1) is 10.8. The predicted octanol–water partition coefficient (Wildman–Crippen LogP) is 2.19. The summed E-state index contributed by atoms with van der Waals surface area (Å²) in [6.45, 7) is 7.84. The van der Waals surface area contributed by atoms with Gasteiger partial charge in [0.05, 0.1) is 25.6 Å². The molecule has 1 aromatic heterocycles. The molecule has 2 heterocycles. The lowest BCUT2D eigenvalue weighted by Gasteiger charge is -2.19. The third-order valence-electron chi connectivity index (χ3n) is 3.41. The molecule has 0 amide bonds. The molecule has 2 N–H and O–H groups in total. The van der Waals surface area contributed by atoms with Crippen LogP contribution in [0.3, 0.4) is 0 Å². The zero-order chi connectivity index (χ0) is 15.6. The van der Waals surface area contributed by atoms with Gasteiger partial charge in [0.25, 0.3) is 0 Å². The first-order valence-electron chi connectivity index (χ1n) is 8.04. The van der Waals surface area contributed by atoms with E-state index in [4.69, 9.17) is 13.9 Å². The zero-order valence-corrected chi connectivity index (χ0v) is 16.2. The smallest absolute Gasteiger partial charge is 0.191 e. The number of hydrogen-bond acceptors (Lipinski definition) is 4. The van der Waals surface area contributed by atoms with Gasteiger partial charge < -0.3 is 24.5 Å². The van der Waals surface area contributed by atoms with E-state index >= 15 is 0 Å². The zero-order valence-electron chi connectivity index (χ0n) is 13.9. The van der Waals surface area contributed by atoms with Crippen LogP contribution < -0.4 is 10.6 Å². The Balaban J connectivity index is 0.00000264. The van der Waals surface area contributed by atoms with Crippen LogP contribution in [0.5, 0.6) is 0 Å². The van der Waals surface area contributed by atoms with Gasteiger partial charge in [-0.2, -0.15) is 0 Å². The molecule has 0 saturated carbocycles. The monoisotopic (exact) mass is 437 g/mol. The first-order valence-corrected chi connectivity index (χ1v) is 8.04. The maximum absolute atomic E-state index is 5.82. The van der Waals surface area contributed by atoms with Crippen LogP contribution in [-0.2, 0) is 15.9 Å². The highest BCUT2D eigenvalue weighted by atomic mass is 127. The molecule has 0 radical (unpaired) electrons. The third kappa shape index (κ3) is 8.03. The topological polar surface area (TPSA) is 68.0 Å². The number of hydrogen-bond donors (Lipinski definition) is 2. The van der Waals surface area contributed by atoms with Gasteiger partial charge in [-0.25, -0.2) is 0 Å². The van der Waals surface area contributed by atoms with E-state index in [9.17, 15) is 0 Å². The van der Waals surface area contributed by atoms with E-state index in [1.807, 2.05) is 12.1 Å². The summed E-state index contributed by atoms with van der Waals surface area (Å²) in [5.74, 6) is 1.77. The summed E-state index contributed by atoms with van der Waals surface area (Å²) in [4.78, 5) is 4.56. The Morgan fingerprint density at radius 3 is 3.04 bits per heavy atom. The van der Waals surface area contributed by atoms with Gasteiger partial charge in [-0.05, 0) is 32.4 Å². The number of halogens is 1. The highest BCUT2D eigenvalue weighted by Crippen LogP contribution is 2.08. The van der Waals surface area contributed by atoms with Crippen molar-refractivity contribution in [1.82, 2.24) is 10.6 Å². The average Bonchev–Trinajstić information content (AvgIpc) is 3.19. The van der Waals surface area contributed by atoms with Gasteiger partial charge in [0.15, 0.2) is 5.96 Å². The molecule has 1 fully saturated rings. The standard InChI is InChI=1S/C16H27N3O3.HI/c1-3-17-16(18-8-6-14-5-4-9-21-14)19-13(2)11-22-15-7-10-20-12-15;/h4-5,9,13,15H,3,6-8,10-12H2,1-2H3,(H2,17,18,19);1H. The van der Waals surface area contributed by atoms with Crippen LogP contribution >= 0.6 is 24.0 Å². The van der Waals surface area contributed by atoms with Crippen LogP contribution in [0.15, 0.2) is 27.8 Å². The van der Waals surface area contributed by atoms with Gasteiger partial charge >= 0.3 is 0 Å². The summed E-state index contributed by atoms with van der Waals surface area (Å²) in [5, 5.41) is 6.61. The Kier molecular flexibility index (Phi) is 10.3. The number of furan rings is 1. The van der Waals surface area contributed by atoms with Crippen molar-refractivity contribution in [2.75, 3.05) is 32.9 Å². The van der Waals surface area contributed by atoms with Crippen molar-refractivity contribution >= 4 is 29.9 Å². The summed E-state index contributed by atoms with van der Waals surface area (Å²) in [5.41, 5.74) is 0. The molecule has 0 bridgehead atoms. The van der Waals surface area contributed by atoms with Gasteiger partial charge in [0.1, 0.15) is 5.76 Å². The van der Waals surface area contributed by atoms with Gasteiger partial charge in [0.2, 0.25) is 0 Å². The number of nitrogens with one attached hydrogen (secondary N) is 2. The summed E-state index contributed by atoms with van der Waals surface area (Å²) in [6.07, 6.45) is 3.72. The van der Waals surface area contributed by atoms with E-state index in [1.165, 1.54) is 0 Å². The van der Waals surface area contributed by atoms with E-state index < -0.39 is 0 Å². The number of aliphatic imine (C=N–C) groups is 1. The van der Waals surface area contributed by atoms with Crippen LogP contribution in [0.1, 0.15) is 26.0 Å². The van der Waals surface area contributed by atoms with Crippen LogP contribution in [-0.4, -0.2) is 51.0 Å². The molecule has 7 heteroatoms. The average molecular weight is 437 g/mol. The molecule has 1 aliphatic heterocycles. The highest BCUT2D eigenvalue weighted by molar-refractivity contribution is 14.0. The molecule has 2 rings (SSSR count). The van der Waals surface area contributed by atoms with E-state index in [-0.39, 0.29) is 36.1 Å². The lowest BCUT2D eigenvalue weighted by atomic mass is 10.3. The fourth-order valence-corrected chi connectivity index (χ4v) is 2.25. The Labute approximate surface area is 155 Å². The van der Waals surface area contributed by atoms with Crippen molar-refractivity contribution in [3.05, 3.63) is 24.2 Å². The van der Waals surface area contributed by atoms with Crippen molar-refractivity contribution < 1.29 is 13.9 Å². The number of guanidine groups is 1. The van der Waals surface area contributed by atoms with Crippen LogP contribution in [0.2, 0.25) is 0 Å². The highest BCUT2D eigenvalue weighted by Gasteiger charge is 2.17. The van der Waals surface area contributed by atoms with Gasteiger partial charge in [0, 0.05) is 32.2 Å². The van der Waals surface area contributed by atoms with Crippen molar-refractivity contribution in [2.24, 2.45) is 4.99 Å². The minimum absolute atomic E-state index is 0. The second-order valence-corrected chi connectivity index (χ2v) is 5.45. The fourth-order valence-electron chi connectivity index (χ4n) is 2.25. The summed E-state index contributed by atoms with van der Waals surface area (Å²) >= 11 is 0. The molecule has 23 heavy (non-hydrogen) atoms. The molecule has 6 nitrogen and oxygen atoms in total. The van der Waals surface area contributed by atoms with Gasteiger partial charge in [-0.1, -0.05) is 0 Å². The molecule has 1 aliphatic rings. The molecule has 1 aromatic rings. The van der Waals surface area contributed by atoms with Crippen molar-refractivity contribution in [3.63, 3.8) is 0 Å². The molecule has 0 aliphatic carbocycles. The van der Waals surface area contributed by atoms with Crippen LogP contribution in [0.25, 0.3) is 0 Å². The lowest BCUT2D eigenvalue weighted by Crippen LogP contribution is -2.44. The molecular weight excluding hydrogens is 409 g/mol. The largest absolute Gasteiger partial charge is 0.469 e. The van der Waals surface area contributed by atoms with Crippen LogP contribution in [0, 0.1) is 0 Å². The fraction of sp³-hybridized carbons (Fsp3) is 0.688. The number of nitrogens with zero attached hydrogens (tertiary/aromatic N) is 1. The third-order valence-corrected chi connectivity index (χ3v) is 3.41. The summed E-state index contributed by atoms with van der Waals surface area (Å²) < 4.78 is 16.4. The minimum atomic E-state index is 0.